The van der Waals surface area contributed by atoms with E-state index < -0.39 is 18.0 Å². The summed E-state index contributed by atoms with van der Waals surface area (Å²) in [5.41, 5.74) is 2.29. The van der Waals surface area contributed by atoms with E-state index in [-0.39, 0.29) is 18.5 Å². The number of nitrogens with zero attached hydrogens (tertiary/aromatic N) is 1. The van der Waals surface area contributed by atoms with Crippen molar-refractivity contribution in [2.45, 2.75) is 39.3 Å². The van der Waals surface area contributed by atoms with Crippen molar-refractivity contribution in [3.8, 4) is 5.75 Å². The number of ether oxygens (including phenoxy) is 4. The summed E-state index contributed by atoms with van der Waals surface area (Å²) in [7, 11) is 3.16. The lowest BCUT2D eigenvalue weighted by Crippen LogP contribution is -2.50. The minimum absolute atomic E-state index is 0.197. The van der Waals surface area contributed by atoms with Crippen LogP contribution in [-0.2, 0) is 30.4 Å². The van der Waals surface area contributed by atoms with E-state index in [9.17, 15) is 14.4 Å². The van der Waals surface area contributed by atoms with Crippen LogP contribution in [0.15, 0.2) is 29.5 Å². The van der Waals surface area contributed by atoms with Gasteiger partial charge in [-0.3, -0.25) is 9.69 Å². The normalized spacial score (nSPS) is 20.6. The lowest BCUT2D eigenvalue weighted by molar-refractivity contribution is -0.150. The van der Waals surface area contributed by atoms with Crippen LogP contribution in [0.1, 0.15) is 43.9 Å². The molecule has 35 heavy (non-hydrogen) atoms. The summed E-state index contributed by atoms with van der Waals surface area (Å²) in [5, 5.41) is 5.66. The zero-order valence-corrected chi connectivity index (χ0v) is 20.8. The van der Waals surface area contributed by atoms with Crippen LogP contribution < -0.4 is 15.4 Å². The Hall–Kier alpha value is -3.11. The average molecular weight is 490 g/mol. The van der Waals surface area contributed by atoms with Gasteiger partial charge in [0.25, 0.3) is 0 Å². The molecular formula is C25H35N3O7. The van der Waals surface area contributed by atoms with Crippen molar-refractivity contribution in [1.29, 1.82) is 0 Å². The quantitative estimate of drug-likeness (QED) is 0.481. The molecule has 0 unspecified atom stereocenters. The third kappa shape index (κ3) is 6.52. The largest absolute Gasteiger partial charge is 0.496 e. The molecule has 0 spiro atoms. The molecule has 2 aliphatic rings. The second-order valence-electron chi connectivity index (χ2n) is 8.47. The standard InChI is InChI=1S/C25H35N3O7/c1-5-34-23(29)17-8-7-11-28(13-17)14-19-21(24(30)35-6-2)22(27-25(31)26-19)16-9-10-20(33-4)18(12-16)15-32-3/h9-10,12,17,22H,5-8,11,13-15H2,1-4H3,(H2,26,27,31)/t17-,22-/m0/s1. The molecule has 2 aliphatic heterocycles. The highest BCUT2D eigenvalue weighted by Gasteiger charge is 2.36. The molecule has 0 aromatic heterocycles. The lowest BCUT2D eigenvalue weighted by Gasteiger charge is -2.35. The molecule has 0 radical (unpaired) electrons. The first-order valence-corrected chi connectivity index (χ1v) is 11.9. The van der Waals surface area contributed by atoms with E-state index in [1.165, 1.54) is 0 Å². The predicted molar refractivity (Wildman–Crippen MR) is 128 cm³/mol. The van der Waals surface area contributed by atoms with E-state index in [0.29, 0.717) is 48.9 Å². The number of rotatable bonds is 10. The smallest absolute Gasteiger partial charge is 0.338 e. The van der Waals surface area contributed by atoms with Crippen LogP contribution in [0.25, 0.3) is 0 Å². The molecule has 0 saturated carbocycles. The molecular weight excluding hydrogens is 454 g/mol. The van der Waals surface area contributed by atoms with E-state index in [4.69, 9.17) is 18.9 Å². The first kappa shape index (κ1) is 26.5. The van der Waals surface area contributed by atoms with Crippen molar-refractivity contribution in [3.63, 3.8) is 0 Å². The molecule has 3 rings (SSSR count). The Morgan fingerprint density at radius 2 is 1.91 bits per heavy atom. The van der Waals surface area contributed by atoms with E-state index in [1.54, 1.807) is 34.1 Å². The Balaban J connectivity index is 1.96. The van der Waals surface area contributed by atoms with Crippen LogP contribution in [0.2, 0.25) is 0 Å². The summed E-state index contributed by atoms with van der Waals surface area (Å²) < 4.78 is 21.3. The van der Waals surface area contributed by atoms with Crippen LogP contribution >= 0.6 is 0 Å². The highest BCUT2D eigenvalue weighted by molar-refractivity contribution is 5.95. The summed E-state index contributed by atoms with van der Waals surface area (Å²) in [6.45, 7) is 5.90. The lowest BCUT2D eigenvalue weighted by atomic mass is 9.92. The molecule has 2 N–H and O–H groups in total. The molecule has 10 nitrogen and oxygen atoms in total. The van der Waals surface area contributed by atoms with E-state index in [0.717, 1.165) is 24.9 Å². The number of hydrogen-bond acceptors (Lipinski definition) is 8. The fourth-order valence-electron chi connectivity index (χ4n) is 4.56. The van der Waals surface area contributed by atoms with Crippen molar-refractivity contribution < 1.29 is 33.3 Å². The van der Waals surface area contributed by atoms with Gasteiger partial charge in [-0.05, 0) is 50.9 Å². The number of amides is 2. The SMILES string of the molecule is CCOC(=O)C1=C(CN2CCC[C@H](C(=O)OCC)C2)NC(=O)N[C@H]1c1ccc(OC)c(COC)c1. The number of esters is 2. The van der Waals surface area contributed by atoms with Gasteiger partial charge in [0.2, 0.25) is 0 Å². The topological polar surface area (TPSA) is 115 Å². The maximum atomic E-state index is 13.1. The first-order chi connectivity index (χ1) is 16.9. The fraction of sp³-hybridized carbons (Fsp3) is 0.560. The number of likely N-dealkylation sites (tertiary alicyclic amines) is 1. The van der Waals surface area contributed by atoms with Crippen LogP contribution in [0.3, 0.4) is 0 Å². The van der Waals surface area contributed by atoms with Crippen molar-refractivity contribution >= 4 is 18.0 Å². The van der Waals surface area contributed by atoms with Gasteiger partial charge < -0.3 is 29.6 Å². The van der Waals surface area contributed by atoms with Gasteiger partial charge >= 0.3 is 18.0 Å². The number of methoxy groups -OCH3 is 2. The molecule has 0 bridgehead atoms. The van der Waals surface area contributed by atoms with Gasteiger partial charge in [0.1, 0.15) is 5.75 Å². The summed E-state index contributed by atoms with van der Waals surface area (Å²) in [6.07, 6.45) is 1.57. The Kier molecular flexibility index (Phi) is 9.50. The molecule has 2 heterocycles. The summed E-state index contributed by atoms with van der Waals surface area (Å²) in [6, 6.07) is 4.32. The number of piperidine rings is 1. The Morgan fingerprint density at radius 1 is 1.14 bits per heavy atom. The van der Waals surface area contributed by atoms with E-state index in [1.807, 2.05) is 12.1 Å². The van der Waals surface area contributed by atoms with Gasteiger partial charge in [0, 0.05) is 31.5 Å². The maximum absolute atomic E-state index is 13.1. The maximum Gasteiger partial charge on any atom is 0.338 e. The number of carbonyl (C=O) groups excluding carboxylic acids is 3. The number of benzene rings is 1. The Morgan fingerprint density at radius 3 is 2.60 bits per heavy atom. The van der Waals surface area contributed by atoms with Gasteiger partial charge in [-0.2, -0.15) is 0 Å². The van der Waals surface area contributed by atoms with Crippen LogP contribution in [-0.4, -0.2) is 69.9 Å². The fourth-order valence-corrected chi connectivity index (χ4v) is 4.56. The third-order valence-electron chi connectivity index (χ3n) is 6.09. The van der Waals surface area contributed by atoms with Crippen LogP contribution in [0.5, 0.6) is 5.75 Å². The minimum atomic E-state index is -0.718. The second-order valence-corrected chi connectivity index (χ2v) is 8.47. The highest BCUT2D eigenvalue weighted by Crippen LogP contribution is 2.32. The highest BCUT2D eigenvalue weighted by atomic mass is 16.5. The molecule has 10 heteroatoms. The van der Waals surface area contributed by atoms with Crippen LogP contribution in [0.4, 0.5) is 4.79 Å². The molecule has 1 fully saturated rings. The summed E-state index contributed by atoms with van der Waals surface area (Å²) in [4.78, 5) is 40.1. The number of urea groups is 1. The minimum Gasteiger partial charge on any atom is -0.496 e. The van der Waals surface area contributed by atoms with E-state index >= 15 is 0 Å². The summed E-state index contributed by atoms with van der Waals surface area (Å²) >= 11 is 0. The van der Waals surface area contributed by atoms with Gasteiger partial charge in [0.15, 0.2) is 0 Å². The van der Waals surface area contributed by atoms with E-state index in [2.05, 4.69) is 15.5 Å². The van der Waals surface area contributed by atoms with Crippen molar-refractivity contribution in [3.05, 3.63) is 40.6 Å². The first-order valence-electron chi connectivity index (χ1n) is 11.9. The molecule has 192 valence electrons. The molecule has 1 aromatic carbocycles. The Bertz CT molecular complexity index is 962. The molecule has 0 aliphatic carbocycles. The second kappa shape index (κ2) is 12.6. The third-order valence-corrected chi connectivity index (χ3v) is 6.09. The van der Waals surface area contributed by atoms with Crippen LogP contribution in [0, 0.1) is 5.92 Å². The number of hydrogen-bond donors (Lipinski definition) is 2. The zero-order valence-electron chi connectivity index (χ0n) is 20.8. The molecule has 2 amide bonds. The summed E-state index contributed by atoms with van der Waals surface area (Å²) in [5.74, 6) is -0.311. The van der Waals surface area contributed by atoms with Gasteiger partial charge in [-0.15, -0.1) is 0 Å². The predicted octanol–water partition coefficient (Wildman–Crippen LogP) is 2.29. The number of carbonyl (C=O) groups is 3. The van der Waals surface area contributed by atoms with Crippen molar-refractivity contribution in [1.82, 2.24) is 15.5 Å². The van der Waals surface area contributed by atoms with Gasteiger partial charge in [-0.1, -0.05) is 6.07 Å². The monoisotopic (exact) mass is 489 g/mol. The Labute approximate surface area is 205 Å². The average Bonchev–Trinajstić information content (AvgIpc) is 2.84. The van der Waals surface area contributed by atoms with Gasteiger partial charge in [0.05, 0.1) is 44.5 Å². The molecule has 2 atom stereocenters. The zero-order chi connectivity index (χ0) is 25.4. The van der Waals surface area contributed by atoms with Gasteiger partial charge in [-0.25, -0.2) is 9.59 Å². The number of nitrogens with one attached hydrogen (secondary N) is 2. The molecule has 1 aromatic rings. The molecule has 1 saturated heterocycles. The van der Waals surface area contributed by atoms with Crippen molar-refractivity contribution in [2.24, 2.45) is 5.92 Å². The van der Waals surface area contributed by atoms with Crippen molar-refractivity contribution in [2.75, 3.05) is 47.1 Å².